The zero-order valence-corrected chi connectivity index (χ0v) is 10.9. The Morgan fingerprint density at radius 2 is 2.11 bits per heavy atom. The van der Waals surface area contributed by atoms with Crippen molar-refractivity contribution in [1.29, 1.82) is 0 Å². The summed E-state index contributed by atoms with van der Waals surface area (Å²) in [5.41, 5.74) is 0.867. The van der Waals surface area contributed by atoms with Gasteiger partial charge in [0.25, 0.3) is 0 Å². The van der Waals surface area contributed by atoms with Crippen molar-refractivity contribution in [3.05, 3.63) is 29.8 Å². The molecule has 1 aromatic carbocycles. The largest absolute Gasteiger partial charge is 0.497 e. The molecule has 0 unspecified atom stereocenters. The molecule has 0 saturated carbocycles. The molecule has 1 aliphatic heterocycles. The molecule has 2 amide bonds. The minimum Gasteiger partial charge on any atom is -0.497 e. The van der Waals surface area contributed by atoms with Crippen molar-refractivity contribution in [2.75, 3.05) is 20.7 Å². The van der Waals surface area contributed by atoms with Crippen LogP contribution in [0.2, 0.25) is 0 Å². The van der Waals surface area contributed by atoms with Gasteiger partial charge in [-0.1, -0.05) is 12.1 Å². The van der Waals surface area contributed by atoms with E-state index in [1.807, 2.05) is 12.1 Å². The Bertz CT molecular complexity index is 472. The number of methoxy groups -OCH3 is 1. The van der Waals surface area contributed by atoms with E-state index >= 15 is 0 Å². The predicted molar refractivity (Wildman–Crippen MR) is 67.7 cm³/mol. The second-order valence-electron chi connectivity index (χ2n) is 4.34. The lowest BCUT2D eigenvalue weighted by molar-refractivity contribution is -0.146. The van der Waals surface area contributed by atoms with Crippen molar-refractivity contribution in [2.45, 2.75) is 12.6 Å². The van der Waals surface area contributed by atoms with E-state index in [2.05, 4.69) is 5.32 Å². The Hall–Kier alpha value is -2.24. The molecule has 6 nitrogen and oxygen atoms in total. The molecule has 1 saturated heterocycles. The summed E-state index contributed by atoms with van der Waals surface area (Å²) < 4.78 is 10.2. The Kier molecular flexibility index (Phi) is 3.89. The van der Waals surface area contributed by atoms with Crippen molar-refractivity contribution in [2.24, 2.45) is 0 Å². The van der Waals surface area contributed by atoms with Gasteiger partial charge < -0.3 is 19.7 Å². The van der Waals surface area contributed by atoms with E-state index in [4.69, 9.17) is 9.47 Å². The highest BCUT2D eigenvalue weighted by Crippen LogP contribution is 2.12. The highest BCUT2D eigenvalue weighted by Gasteiger charge is 2.32. The normalized spacial score (nSPS) is 18.1. The van der Waals surface area contributed by atoms with E-state index in [1.165, 1.54) is 4.90 Å². The summed E-state index contributed by atoms with van der Waals surface area (Å²) in [6.45, 7) is 0.513. The van der Waals surface area contributed by atoms with Gasteiger partial charge in [-0.15, -0.1) is 0 Å². The topological polar surface area (TPSA) is 67.9 Å². The van der Waals surface area contributed by atoms with E-state index in [0.717, 1.165) is 11.3 Å². The summed E-state index contributed by atoms with van der Waals surface area (Å²) in [6, 6.07) is 6.40. The number of ether oxygens (including phenoxy) is 2. The molecule has 2 rings (SSSR count). The molecule has 19 heavy (non-hydrogen) atoms. The Balaban J connectivity index is 1.84. The lowest BCUT2D eigenvalue weighted by Crippen LogP contribution is -2.35. The summed E-state index contributed by atoms with van der Waals surface area (Å²) in [4.78, 5) is 24.4. The van der Waals surface area contributed by atoms with Gasteiger partial charge in [-0.3, -0.25) is 0 Å². The molecule has 1 fully saturated rings. The maximum absolute atomic E-state index is 11.7. The van der Waals surface area contributed by atoms with Gasteiger partial charge in [0.2, 0.25) is 0 Å². The summed E-state index contributed by atoms with van der Waals surface area (Å²) in [6.07, 6.45) is 0. The number of benzene rings is 1. The third-order valence-corrected chi connectivity index (χ3v) is 2.93. The van der Waals surface area contributed by atoms with Crippen LogP contribution in [0.1, 0.15) is 5.56 Å². The van der Waals surface area contributed by atoms with Crippen LogP contribution in [-0.2, 0) is 16.1 Å². The first-order valence-corrected chi connectivity index (χ1v) is 5.91. The van der Waals surface area contributed by atoms with Gasteiger partial charge in [-0.25, -0.2) is 9.59 Å². The van der Waals surface area contributed by atoms with Gasteiger partial charge in [-0.05, 0) is 17.7 Å². The number of nitrogens with one attached hydrogen (secondary N) is 1. The van der Waals surface area contributed by atoms with E-state index < -0.39 is 12.0 Å². The lowest BCUT2D eigenvalue weighted by atomic mass is 10.2. The molecule has 1 aliphatic rings. The fraction of sp³-hybridized carbons (Fsp3) is 0.385. The first kappa shape index (κ1) is 13.2. The highest BCUT2D eigenvalue weighted by atomic mass is 16.5. The standard InChI is InChI=1S/C13H16N2O4/c1-15-7-11(14-13(15)17)12(16)19-8-9-3-5-10(18-2)6-4-9/h3-6,11H,7-8H2,1-2H3,(H,14,17)/t11-/m0/s1. The molecule has 1 N–H and O–H groups in total. The van der Waals surface area contributed by atoms with Crippen molar-refractivity contribution in [3.63, 3.8) is 0 Å². The number of urea groups is 1. The molecule has 0 bridgehead atoms. The maximum Gasteiger partial charge on any atom is 0.330 e. The molecule has 1 aromatic rings. The van der Waals surface area contributed by atoms with Gasteiger partial charge in [0.15, 0.2) is 0 Å². The number of nitrogens with zero attached hydrogens (tertiary/aromatic N) is 1. The monoisotopic (exact) mass is 264 g/mol. The molecular formula is C13H16N2O4. The Labute approximate surface area is 111 Å². The molecule has 0 aliphatic carbocycles. The van der Waals surface area contributed by atoms with Crippen LogP contribution in [-0.4, -0.2) is 43.6 Å². The van der Waals surface area contributed by atoms with Crippen LogP contribution in [0.4, 0.5) is 4.79 Å². The predicted octanol–water partition coefficient (Wildman–Crippen LogP) is 0.762. The first-order valence-electron chi connectivity index (χ1n) is 5.91. The van der Waals surface area contributed by atoms with Crippen LogP contribution < -0.4 is 10.1 Å². The Morgan fingerprint density at radius 3 is 2.63 bits per heavy atom. The van der Waals surface area contributed by atoms with Gasteiger partial charge in [0.1, 0.15) is 18.4 Å². The minimum absolute atomic E-state index is 0.179. The number of rotatable bonds is 4. The molecule has 0 radical (unpaired) electrons. The number of esters is 1. The number of likely N-dealkylation sites (N-methyl/N-ethyl adjacent to an activating group) is 1. The molecule has 0 aromatic heterocycles. The zero-order chi connectivity index (χ0) is 13.8. The van der Waals surface area contributed by atoms with Crippen LogP contribution >= 0.6 is 0 Å². The van der Waals surface area contributed by atoms with Crippen LogP contribution in [0.5, 0.6) is 5.75 Å². The van der Waals surface area contributed by atoms with E-state index in [1.54, 1.807) is 26.3 Å². The summed E-state index contributed by atoms with van der Waals surface area (Å²) >= 11 is 0. The zero-order valence-electron chi connectivity index (χ0n) is 10.9. The number of hydrogen-bond acceptors (Lipinski definition) is 4. The Morgan fingerprint density at radius 1 is 1.42 bits per heavy atom. The van der Waals surface area contributed by atoms with Crippen LogP contribution in [0, 0.1) is 0 Å². The highest BCUT2D eigenvalue weighted by molar-refractivity contribution is 5.87. The second kappa shape index (κ2) is 5.60. The molecule has 102 valence electrons. The molecule has 6 heteroatoms. The quantitative estimate of drug-likeness (QED) is 0.815. The average molecular weight is 264 g/mol. The number of hydrogen-bond donors (Lipinski definition) is 1. The molecule has 1 atom stereocenters. The third-order valence-electron chi connectivity index (χ3n) is 2.93. The van der Waals surface area contributed by atoms with Gasteiger partial charge in [0, 0.05) is 7.05 Å². The molecule has 1 heterocycles. The van der Waals surface area contributed by atoms with Gasteiger partial charge in [0.05, 0.1) is 13.7 Å². The van der Waals surface area contributed by atoms with Crippen LogP contribution in [0.25, 0.3) is 0 Å². The minimum atomic E-state index is -0.587. The average Bonchev–Trinajstić information content (AvgIpc) is 2.77. The number of carbonyl (C=O) groups excluding carboxylic acids is 2. The van der Waals surface area contributed by atoms with Crippen molar-refractivity contribution in [3.8, 4) is 5.75 Å². The lowest BCUT2D eigenvalue weighted by Gasteiger charge is -2.10. The fourth-order valence-electron chi connectivity index (χ4n) is 1.77. The van der Waals surface area contributed by atoms with E-state index in [-0.39, 0.29) is 12.6 Å². The smallest absolute Gasteiger partial charge is 0.330 e. The van der Waals surface area contributed by atoms with Gasteiger partial charge >= 0.3 is 12.0 Å². The summed E-state index contributed by atoms with van der Waals surface area (Å²) in [5, 5.41) is 2.55. The third kappa shape index (κ3) is 3.15. The van der Waals surface area contributed by atoms with Crippen molar-refractivity contribution < 1.29 is 19.1 Å². The molecule has 0 spiro atoms. The summed E-state index contributed by atoms with van der Waals surface area (Å²) in [7, 11) is 3.22. The SMILES string of the molecule is COc1ccc(COC(=O)[C@@H]2CN(C)C(=O)N2)cc1. The number of carbonyl (C=O) groups is 2. The van der Waals surface area contributed by atoms with Crippen LogP contribution in [0.15, 0.2) is 24.3 Å². The number of amides is 2. The molecular weight excluding hydrogens is 248 g/mol. The van der Waals surface area contributed by atoms with Crippen molar-refractivity contribution >= 4 is 12.0 Å². The maximum atomic E-state index is 11.7. The second-order valence-corrected chi connectivity index (χ2v) is 4.34. The van der Waals surface area contributed by atoms with Gasteiger partial charge in [-0.2, -0.15) is 0 Å². The van der Waals surface area contributed by atoms with Crippen LogP contribution in [0.3, 0.4) is 0 Å². The first-order chi connectivity index (χ1) is 9.10. The fourth-order valence-corrected chi connectivity index (χ4v) is 1.77. The van der Waals surface area contributed by atoms with E-state index in [9.17, 15) is 9.59 Å². The van der Waals surface area contributed by atoms with Crippen molar-refractivity contribution in [1.82, 2.24) is 10.2 Å². The summed E-state index contributed by atoms with van der Waals surface area (Å²) in [5.74, 6) is 0.327. The van der Waals surface area contributed by atoms with E-state index in [0.29, 0.717) is 6.54 Å².